The Morgan fingerprint density at radius 3 is 2.67 bits per heavy atom. The Kier molecular flexibility index (Phi) is 4.55. The molecule has 1 amide bonds. The number of carbonyl (C=O) groups excluding carboxylic acids is 1. The van der Waals surface area contributed by atoms with Gasteiger partial charge in [-0.25, -0.2) is 0 Å². The summed E-state index contributed by atoms with van der Waals surface area (Å²) in [5.74, 6) is -0.929. The molecule has 0 radical (unpaired) electrons. The number of hydrogen-bond donors (Lipinski definition) is 3. The smallest absolute Gasteiger partial charge is 0.303 e. The molecule has 5 nitrogen and oxygen atoms in total. The Morgan fingerprint density at radius 2 is 2.13 bits per heavy atom. The Labute approximate surface area is 89.0 Å². The number of hydrogen-bond acceptors (Lipinski definition) is 3. The molecule has 0 aromatic carbocycles. The minimum atomic E-state index is -0.832. The molecule has 0 bridgehead atoms. The molecule has 5 heteroatoms. The van der Waals surface area contributed by atoms with Crippen molar-refractivity contribution in [3.8, 4) is 0 Å². The van der Waals surface area contributed by atoms with Crippen molar-refractivity contribution in [2.24, 2.45) is 11.7 Å². The molecule has 86 valence electrons. The van der Waals surface area contributed by atoms with Gasteiger partial charge in [0.25, 0.3) is 0 Å². The molecule has 0 spiro atoms. The van der Waals surface area contributed by atoms with E-state index in [1.807, 2.05) is 0 Å². The van der Waals surface area contributed by atoms with Gasteiger partial charge in [-0.1, -0.05) is 6.42 Å². The normalized spacial score (nSPS) is 25.1. The van der Waals surface area contributed by atoms with Gasteiger partial charge < -0.3 is 16.2 Å². The average molecular weight is 214 g/mol. The van der Waals surface area contributed by atoms with Gasteiger partial charge in [-0.2, -0.15) is 0 Å². The third-order valence-electron chi connectivity index (χ3n) is 2.77. The quantitative estimate of drug-likeness (QED) is 0.566. The fourth-order valence-electron chi connectivity index (χ4n) is 1.90. The zero-order valence-electron chi connectivity index (χ0n) is 8.74. The highest BCUT2D eigenvalue weighted by molar-refractivity contribution is 5.79. The molecule has 2 unspecified atom stereocenters. The highest BCUT2D eigenvalue weighted by Gasteiger charge is 2.29. The lowest BCUT2D eigenvalue weighted by Gasteiger charge is -2.14. The van der Waals surface area contributed by atoms with Gasteiger partial charge >= 0.3 is 5.97 Å². The minimum Gasteiger partial charge on any atom is -0.481 e. The SMILES string of the molecule is NC1CCCC1C(=O)NCCCC(=O)O. The van der Waals surface area contributed by atoms with Crippen LogP contribution in [0.5, 0.6) is 0 Å². The summed E-state index contributed by atoms with van der Waals surface area (Å²) in [6, 6.07) is -0.0236. The van der Waals surface area contributed by atoms with E-state index in [4.69, 9.17) is 10.8 Å². The summed E-state index contributed by atoms with van der Waals surface area (Å²) in [6.07, 6.45) is 3.34. The second-order valence-corrected chi connectivity index (χ2v) is 3.99. The van der Waals surface area contributed by atoms with Gasteiger partial charge in [0.1, 0.15) is 0 Å². The van der Waals surface area contributed by atoms with E-state index in [-0.39, 0.29) is 24.3 Å². The summed E-state index contributed by atoms with van der Waals surface area (Å²) in [5.41, 5.74) is 5.78. The maximum Gasteiger partial charge on any atom is 0.303 e. The fourth-order valence-corrected chi connectivity index (χ4v) is 1.90. The fraction of sp³-hybridized carbons (Fsp3) is 0.800. The molecular formula is C10H18N2O3. The number of nitrogens with two attached hydrogens (primary N) is 1. The van der Waals surface area contributed by atoms with Crippen LogP contribution in [-0.2, 0) is 9.59 Å². The van der Waals surface area contributed by atoms with Crippen molar-refractivity contribution in [2.75, 3.05) is 6.54 Å². The van der Waals surface area contributed by atoms with Crippen LogP contribution in [0.4, 0.5) is 0 Å². The van der Waals surface area contributed by atoms with E-state index < -0.39 is 5.97 Å². The van der Waals surface area contributed by atoms with E-state index in [9.17, 15) is 9.59 Å². The Balaban J connectivity index is 2.15. The maximum absolute atomic E-state index is 11.6. The van der Waals surface area contributed by atoms with Crippen LogP contribution in [0, 0.1) is 5.92 Å². The van der Waals surface area contributed by atoms with Crippen molar-refractivity contribution in [2.45, 2.75) is 38.1 Å². The molecule has 2 atom stereocenters. The number of rotatable bonds is 5. The lowest BCUT2D eigenvalue weighted by molar-refractivity contribution is -0.137. The van der Waals surface area contributed by atoms with Crippen LogP contribution in [0.25, 0.3) is 0 Å². The number of carbonyl (C=O) groups is 2. The first-order valence-electron chi connectivity index (χ1n) is 5.36. The summed E-state index contributed by atoms with van der Waals surface area (Å²) in [6.45, 7) is 0.425. The zero-order chi connectivity index (χ0) is 11.3. The summed E-state index contributed by atoms with van der Waals surface area (Å²) in [7, 11) is 0. The molecule has 0 aromatic heterocycles. The standard InChI is InChI=1S/C10H18N2O3/c11-8-4-1-3-7(8)10(15)12-6-2-5-9(13)14/h7-8H,1-6,11H2,(H,12,15)(H,13,14). The van der Waals surface area contributed by atoms with Crippen LogP contribution in [0.3, 0.4) is 0 Å². The third-order valence-corrected chi connectivity index (χ3v) is 2.77. The summed E-state index contributed by atoms with van der Waals surface area (Å²) in [5, 5.41) is 11.1. The summed E-state index contributed by atoms with van der Waals surface area (Å²) < 4.78 is 0. The lowest BCUT2D eigenvalue weighted by Crippen LogP contribution is -2.39. The van der Waals surface area contributed by atoms with E-state index in [1.165, 1.54) is 0 Å². The molecule has 0 saturated heterocycles. The highest BCUT2D eigenvalue weighted by atomic mass is 16.4. The van der Waals surface area contributed by atoms with Gasteiger partial charge in [0.15, 0.2) is 0 Å². The van der Waals surface area contributed by atoms with Crippen LogP contribution in [0.15, 0.2) is 0 Å². The van der Waals surface area contributed by atoms with Crippen molar-refractivity contribution in [3.63, 3.8) is 0 Å². The Hall–Kier alpha value is -1.10. The van der Waals surface area contributed by atoms with E-state index in [1.54, 1.807) is 0 Å². The van der Waals surface area contributed by atoms with Crippen molar-refractivity contribution in [1.82, 2.24) is 5.32 Å². The van der Waals surface area contributed by atoms with Gasteiger partial charge in [-0.15, -0.1) is 0 Å². The van der Waals surface area contributed by atoms with Gasteiger partial charge in [0.05, 0.1) is 5.92 Å². The largest absolute Gasteiger partial charge is 0.481 e. The Morgan fingerprint density at radius 1 is 1.40 bits per heavy atom. The average Bonchev–Trinajstić information content (AvgIpc) is 2.58. The summed E-state index contributed by atoms with van der Waals surface area (Å²) in [4.78, 5) is 21.8. The van der Waals surface area contributed by atoms with Gasteiger partial charge in [0, 0.05) is 19.0 Å². The number of nitrogens with one attached hydrogen (secondary N) is 1. The number of aliphatic carboxylic acids is 1. The zero-order valence-corrected chi connectivity index (χ0v) is 8.74. The van der Waals surface area contributed by atoms with Crippen LogP contribution in [0.2, 0.25) is 0 Å². The van der Waals surface area contributed by atoms with Crippen LogP contribution >= 0.6 is 0 Å². The predicted octanol–water partition coefficient (Wildman–Crippen LogP) is 0.0948. The molecule has 15 heavy (non-hydrogen) atoms. The number of carboxylic acid groups (broad SMARTS) is 1. The number of amides is 1. The van der Waals surface area contributed by atoms with Gasteiger partial charge in [-0.3, -0.25) is 9.59 Å². The summed E-state index contributed by atoms with van der Waals surface area (Å²) >= 11 is 0. The minimum absolute atomic E-state index is 0.0228. The molecule has 1 aliphatic rings. The van der Waals surface area contributed by atoms with E-state index in [0.717, 1.165) is 19.3 Å². The molecule has 1 aliphatic carbocycles. The van der Waals surface area contributed by atoms with E-state index in [2.05, 4.69) is 5.32 Å². The number of carboxylic acids is 1. The lowest BCUT2D eigenvalue weighted by atomic mass is 10.0. The Bertz CT molecular complexity index is 243. The first kappa shape index (κ1) is 12.0. The molecule has 0 aromatic rings. The first-order valence-corrected chi connectivity index (χ1v) is 5.36. The predicted molar refractivity (Wildman–Crippen MR) is 55.2 cm³/mol. The van der Waals surface area contributed by atoms with E-state index in [0.29, 0.717) is 13.0 Å². The van der Waals surface area contributed by atoms with Crippen LogP contribution < -0.4 is 11.1 Å². The van der Waals surface area contributed by atoms with Gasteiger partial charge in [0.2, 0.25) is 5.91 Å². The van der Waals surface area contributed by atoms with Crippen molar-refractivity contribution >= 4 is 11.9 Å². The van der Waals surface area contributed by atoms with Crippen molar-refractivity contribution in [1.29, 1.82) is 0 Å². The van der Waals surface area contributed by atoms with Crippen LogP contribution in [-0.4, -0.2) is 29.6 Å². The first-order chi connectivity index (χ1) is 7.11. The molecule has 1 saturated carbocycles. The monoisotopic (exact) mass is 214 g/mol. The van der Waals surface area contributed by atoms with E-state index >= 15 is 0 Å². The van der Waals surface area contributed by atoms with Crippen molar-refractivity contribution in [3.05, 3.63) is 0 Å². The second kappa shape index (κ2) is 5.70. The molecule has 0 aliphatic heterocycles. The molecular weight excluding hydrogens is 196 g/mol. The maximum atomic E-state index is 11.6. The molecule has 0 heterocycles. The molecule has 1 rings (SSSR count). The second-order valence-electron chi connectivity index (χ2n) is 3.99. The highest BCUT2D eigenvalue weighted by Crippen LogP contribution is 2.23. The van der Waals surface area contributed by atoms with Crippen LogP contribution in [0.1, 0.15) is 32.1 Å². The topological polar surface area (TPSA) is 92.4 Å². The third kappa shape index (κ3) is 3.87. The molecule has 4 N–H and O–H groups in total. The van der Waals surface area contributed by atoms with Crippen molar-refractivity contribution < 1.29 is 14.7 Å². The van der Waals surface area contributed by atoms with Gasteiger partial charge in [-0.05, 0) is 19.3 Å². The molecule has 1 fully saturated rings.